The lowest BCUT2D eigenvalue weighted by molar-refractivity contribution is 0.0515. The summed E-state index contributed by atoms with van der Waals surface area (Å²) in [5, 5.41) is 0. The van der Waals surface area contributed by atoms with Gasteiger partial charge in [-0.1, -0.05) is 12.1 Å². The monoisotopic (exact) mass is 341 g/mol. The topological polar surface area (TPSA) is 38.8 Å². The molecule has 0 aliphatic carbocycles. The van der Waals surface area contributed by atoms with Crippen LogP contribution in [0.5, 0.6) is 0 Å². The number of likely N-dealkylation sites (tertiary alicyclic amines) is 1. The highest BCUT2D eigenvalue weighted by molar-refractivity contribution is 9.10. The molecule has 5 heteroatoms. The number of benzene rings is 1. The fourth-order valence-corrected chi connectivity index (χ4v) is 2.80. The minimum Gasteiger partial charge on any atom is -0.382 e. The molecule has 1 amide bonds. The summed E-state index contributed by atoms with van der Waals surface area (Å²) in [5.74, 6) is 0.523. The molecule has 4 nitrogen and oxygen atoms in total. The van der Waals surface area contributed by atoms with E-state index in [2.05, 4.69) is 15.9 Å². The molecule has 0 bridgehead atoms. The average molecular weight is 342 g/mol. The quantitative estimate of drug-likeness (QED) is 0.746. The molecule has 0 spiro atoms. The van der Waals surface area contributed by atoms with Gasteiger partial charge in [-0.25, -0.2) is 0 Å². The summed E-state index contributed by atoms with van der Waals surface area (Å²) < 4.78 is 11.3. The Hall–Kier alpha value is -0.910. The van der Waals surface area contributed by atoms with E-state index in [9.17, 15) is 4.79 Å². The van der Waals surface area contributed by atoms with Crippen LogP contribution in [0.3, 0.4) is 0 Å². The Labute approximate surface area is 128 Å². The number of methoxy groups -OCH3 is 1. The van der Waals surface area contributed by atoms with Crippen molar-refractivity contribution in [3.63, 3.8) is 0 Å². The molecule has 0 N–H and O–H groups in total. The van der Waals surface area contributed by atoms with Crippen LogP contribution in [0.2, 0.25) is 0 Å². The van der Waals surface area contributed by atoms with E-state index in [-0.39, 0.29) is 5.91 Å². The van der Waals surface area contributed by atoms with Crippen LogP contribution in [0.4, 0.5) is 0 Å². The van der Waals surface area contributed by atoms with Gasteiger partial charge >= 0.3 is 0 Å². The fraction of sp³-hybridized carbons (Fsp3) is 0.533. The molecule has 1 aromatic carbocycles. The number of hydrogen-bond acceptors (Lipinski definition) is 3. The molecule has 0 aromatic heterocycles. The minimum atomic E-state index is 0.0943. The van der Waals surface area contributed by atoms with Crippen LogP contribution in [-0.2, 0) is 9.47 Å². The standard InChI is InChI=1S/C15H20BrNO3/c1-19-8-9-20-11-12-6-7-17(10-12)15(18)13-4-2-3-5-14(13)16/h2-5,12H,6-11H2,1H3. The first-order chi connectivity index (χ1) is 9.72. The summed E-state index contributed by atoms with van der Waals surface area (Å²) in [6, 6.07) is 7.56. The van der Waals surface area contributed by atoms with Crippen molar-refractivity contribution in [1.82, 2.24) is 4.90 Å². The first kappa shape index (κ1) is 15.5. The largest absolute Gasteiger partial charge is 0.382 e. The lowest BCUT2D eigenvalue weighted by Gasteiger charge is -2.17. The summed E-state index contributed by atoms with van der Waals surface area (Å²) in [7, 11) is 1.66. The number of halogens is 1. The van der Waals surface area contributed by atoms with Crippen molar-refractivity contribution in [2.45, 2.75) is 6.42 Å². The Morgan fingerprint density at radius 3 is 2.95 bits per heavy atom. The third-order valence-electron chi connectivity index (χ3n) is 3.46. The highest BCUT2D eigenvalue weighted by Crippen LogP contribution is 2.23. The van der Waals surface area contributed by atoms with Crippen molar-refractivity contribution in [3.05, 3.63) is 34.3 Å². The van der Waals surface area contributed by atoms with Gasteiger partial charge in [0.1, 0.15) is 0 Å². The van der Waals surface area contributed by atoms with E-state index in [1.165, 1.54) is 0 Å². The van der Waals surface area contributed by atoms with Crippen LogP contribution in [0.1, 0.15) is 16.8 Å². The molecule has 0 saturated carbocycles. The number of amides is 1. The second kappa shape index (κ2) is 7.76. The van der Waals surface area contributed by atoms with Gasteiger partial charge in [0, 0.05) is 30.6 Å². The zero-order chi connectivity index (χ0) is 14.4. The van der Waals surface area contributed by atoms with Gasteiger partial charge in [-0.2, -0.15) is 0 Å². The molecular weight excluding hydrogens is 322 g/mol. The van der Waals surface area contributed by atoms with Gasteiger partial charge in [0.25, 0.3) is 5.91 Å². The molecular formula is C15H20BrNO3. The zero-order valence-electron chi connectivity index (χ0n) is 11.7. The molecule has 0 radical (unpaired) electrons. The number of nitrogens with zero attached hydrogens (tertiary/aromatic N) is 1. The molecule has 1 aliphatic rings. The summed E-state index contributed by atoms with van der Waals surface area (Å²) in [6.07, 6.45) is 1.00. The number of carbonyl (C=O) groups excluding carboxylic acids is 1. The Kier molecular flexibility index (Phi) is 6.01. The fourth-order valence-electron chi connectivity index (χ4n) is 2.35. The average Bonchev–Trinajstić information content (AvgIpc) is 2.92. The van der Waals surface area contributed by atoms with Crippen LogP contribution in [0.25, 0.3) is 0 Å². The van der Waals surface area contributed by atoms with E-state index in [1.807, 2.05) is 29.2 Å². The Morgan fingerprint density at radius 1 is 1.40 bits per heavy atom. The molecule has 1 unspecified atom stereocenters. The second-order valence-electron chi connectivity index (χ2n) is 4.95. The van der Waals surface area contributed by atoms with Crippen molar-refractivity contribution >= 4 is 21.8 Å². The highest BCUT2D eigenvalue weighted by atomic mass is 79.9. The molecule has 1 atom stereocenters. The van der Waals surface area contributed by atoms with Crippen molar-refractivity contribution in [1.29, 1.82) is 0 Å². The van der Waals surface area contributed by atoms with Gasteiger partial charge in [0.15, 0.2) is 0 Å². The molecule has 1 aromatic rings. The van der Waals surface area contributed by atoms with Gasteiger partial charge in [0.2, 0.25) is 0 Å². The van der Waals surface area contributed by atoms with Crippen molar-refractivity contribution < 1.29 is 14.3 Å². The summed E-state index contributed by atoms with van der Waals surface area (Å²) in [5.41, 5.74) is 0.730. The minimum absolute atomic E-state index is 0.0943. The van der Waals surface area contributed by atoms with E-state index >= 15 is 0 Å². The van der Waals surface area contributed by atoms with E-state index in [1.54, 1.807) is 7.11 Å². The van der Waals surface area contributed by atoms with Crippen LogP contribution in [-0.4, -0.2) is 50.8 Å². The third-order valence-corrected chi connectivity index (χ3v) is 4.15. The molecule has 1 fully saturated rings. The Morgan fingerprint density at radius 2 is 2.20 bits per heavy atom. The molecule has 1 heterocycles. The lowest BCUT2D eigenvalue weighted by Crippen LogP contribution is -2.29. The summed E-state index contributed by atoms with van der Waals surface area (Å²) >= 11 is 3.43. The SMILES string of the molecule is COCCOCC1CCN(C(=O)c2ccccc2Br)C1. The van der Waals surface area contributed by atoms with Crippen LogP contribution in [0.15, 0.2) is 28.7 Å². The maximum Gasteiger partial charge on any atom is 0.255 e. The number of carbonyl (C=O) groups is 1. The van der Waals surface area contributed by atoms with Gasteiger partial charge in [-0.3, -0.25) is 4.79 Å². The second-order valence-corrected chi connectivity index (χ2v) is 5.81. The lowest BCUT2D eigenvalue weighted by atomic mass is 10.1. The van der Waals surface area contributed by atoms with Gasteiger partial charge in [-0.05, 0) is 34.5 Å². The van der Waals surface area contributed by atoms with Crippen molar-refractivity contribution in [2.24, 2.45) is 5.92 Å². The highest BCUT2D eigenvalue weighted by Gasteiger charge is 2.27. The van der Waals surface area contributed by atoms with Gasteiger partial charge in [0.05, 0.1) is 25.4 Å². The van der Waals surface area contributed by atoms with Crippen LogP contribution in [0, 0.1) is 5.92 Å². The van der Waals surface area contributed by atoms with E-state index in [0.29, 0.717) is 25.7 Å². The molecule has 1 saturated heterocycles. The van der Waals surface area contributed by atoms with E-state index in [4.69, 9.17) is 9.47 Å². The van der Waals surface area contributed by atoms with E-state index in [0.717, 1.165) is 29.5 Å². The molecule has 20 heavy (non-hydrogen) atoms. The Bertz CT molecular complexity index is 452. The normalized spacial score (nSPS) is 18.5. The van der Waals surface area contributed by atoms with Crippen LogP contribution < -0.4 is 0 Å². The maximum atomic E-state index is 12.4. The predicted octanol–water partition coefficient (Wildman–Crippen LogP) is 2.57. The maximum absolute atomic E-state index is 12.4. The number of rotatable bonds is 6. The Balaban J connectivity index is 1.83. The summed E-state index contributed by atoms with van der Waals surface area (Å²) in [6.45, 7) is 3.51. The molecule has 2 rings (SSSR count). The van der Waals surface area contributed by atoms with Crippen molar-refractivity contribution in [2.75, 3.05) is 40.0 Å². The molecule has 1 aliphatic heterocycles. The van der Waals surface area contributed by atoms with Gasteiger partial charge < -0.3 is 14.4 Å². The smallest absolute Gasteiger partial charge is 0.255 e. The van der Waals surface area contributed by atoms with Crippen molar-refractivity contribution in [3.8, 4) is 0 Å². The summed E-state index contributed by atoms with van der Waals surface area (Å²) in [4.78, 5) is 14.3. The van der Waals surface area contributed by atoms with Crippen LogP contribution >= 0.6 is 15.9 Å². The van der Waals surface area contributed by atoms with Gasteiger partial charge in [-0.15, -0.1) is 0 Å². The van der Waals surface area contributed by atoms with E-state index < -0.39 is 0 Å². The predicted molar refractivity (Wildman–Crippen MR) is 80.8 cm³/mol. The zero-order valence-corrected chi connectivity index (χ0v) is 13.3. The first-order valence-electron chi connectivity index (χ1n) is 6.83. The first-order valence-corrected chi connectivity index (χ1v) is 7.62. The number of hydrogen-bond donors (Lipinski definition) is 0. The molecule has 110 valence electrons. The number of ether oxygens (including phenoxy) is 2. The third kappa shape index (κ3) is 4.04.